The molecule has 182 valence electrons. The van der Waals surface area contributed by atoms with Gasteiger partial charge in [0.2, 0.25) is 0 Å². The molecule has 2 aliphatic carbocycles. The van der Waals surface area contributed by atoms with Gasteiger partial charge in [-0.1, -0.05) is 25.8 Å². The van der Waals surface area contributed by atoms with Crippen molar-refractivity contribution in [1.82, 2.24) is 0 Å². The van der Waals surface area contributed by atoms with Gasteiger partial charge in [0.05, 0.1) is 0 Å². The summed E-state index contributed by atoms with van der Waals surface area (Å²) in [5.74, 6) is -5.12. The van der Waals surface area contributed by atoms with E-state index in [-0.39, 0.29) is 8.77 Å². The first-order chi connectivity index (χ1) is 14.4. The molecule has 0 amide bonds. The van der Waals surface area contributed by atoms with Gasteiger partial charge in [-0.3, -0.25) is 0 Å². The van der Waals surface area contributed by atoms with Crippen LogP contribution in [0.2, 0.25) is 0 Å². The second-order valence-electron chi connectivity index (χ2n) is 8.54. The average molecular weight is 464 g/mol. The molecular formula is C22H32F8O. The highest BCUT2D eigenvalue weighted by Crippen LogP contribution is 2.39. The lowest BCUT2D eigenvalue weighted by Crippen LogP contribution is -2.33. The molecule has 1 aromatic rings. The zero-order valence-corrected chi connectivity index (χ0v) is 17.3. The van der Waals surface area contributed by atoms with Crippen molar-refractivity contribution >= 4 is 0 Å². The third-order valence-corrected chi connectivity index (χ3v) is 6.10. The van der Waals surface area contributed by atoms with Gasteiger partial charge >= 0.3 is 6.36 Å². The largest absolute Gasteiger partial charge is 0.573 e. The maximum absolute atomic E-state index is 13.5. The van der Waals surface area contributed by atoms with Crippen molar-refractivity contribution in [2.75, 3.05) is 6.67 Å². The third-order valence-electron chi connectivity index (χ3n) is 6.10. The molecule has 2 saturated carbocycles. The van der Waals surface area contributed by atoms with Crippen molar-refractivity contribution < 1.29 is 42.7 Å². The minimum absolute atomic E-state index is 0. The van der Waals surface area contributed by atoms with Gasteiger partial charge in [0, 0.05) is 8.77 Å². The number of halogens is 8. The van der Waals surface area contributed by atoms with Crippen molar-refractivity contribution in [3.8, 4) is 5.75 Å². The fraction of sp³-hybridized carbons (Fsp3) is 0.727. The Kier molecular flexibility index (Phi) is 9.01. The molecular weight excluding hydrogens is 432 g/mol. The van der Waals surface area contributed by atoms with Gasteiger partial charge in [-0.05, 0) is 68.1 Å². The van der Waals surface area contributed by atoms with E-state index in [9.17, 15) is 35.1 Å². The predicted octanol–water partition coefficient (Wildman–Crippen LogP) is 8.63. The highest BCUT2D eigenvalue weighted by atomic mass is 19.4. The molecule has 1 nitrogen and oxygen atoms in total. The zero-order chi connectivity index (χ0) is 23.2. The predicted molar refractivity (Wildman–Crippen MR) is 105 cm³/mol. The first kappa shape index (κ1) is 25.7. The lowest BCUT2D eigenvalue weighted by Gasteiger charge is -2.30. The van der Waals surface area contributed by atoms with Crippen molar-refractivity contribution in [3.63, 3.8) is 0 Å². The van der Waals surface area contributed by atoms with Gasteiger partial charge in [0.1, 0.15) is 6.17 Å². The van der Waals surface area contributed by atoms with Crippen LogP contribution in [0.5, 0.6) is 5.75 Å². The molecule has 9 heteroatoms. The Balaban J connectivity index is 0.000000640. The van der Waals surface area contributed by atoms with Gasteiger partial charge in [0.15, 0.2) is 18.2 Å². The highest BCUT2D eigenvalue weighted by Gasteiger charge is 2.40. The smallest absolute Gasteiger partial charge is 0.403 e. The van der Waals surface area contributed by atoms with Crippen LogP contribution in [0.4, 0.5) is 35.1 Å². The van der Waals surface area contributed by atoms with Gasteiger partial charge in [0.25, 0.3) is 5.92 Å². The molecule has 0 bridgehead atoms. The molecule has 0 radical (unpaired) electrons. The summed E-state index contributed by atoms with van der Waals surface area (Å²) >= 11 is 0. The number of hydrogen-bond acceptors (Lipinski definition) is 1. The van der Waals surface area contributed by atoms with E-state index in [1.54, 1.807) is 0 Å². The van der Waals surface area contributed by atoms with E-state index >= 15 is 0 Å². The van der Waals surface area contributed by atoms with Gasteiger partial charge in [-0.15, -0.1) is 13.2 Å². The van der Waals surface area contributed by atoms with Crippen LogP contribution in [0.1, 0.15) is 72.6 Å². The highest BCUT2D eigenvalue weighted by molar-refractivity contribution is 5.31. The van der Waals surface area contributed by atoms with Gasteiger partial charge in [-0.2, -0.15) is 0 Å². The molecule has 2 fully saturated rings. The van der Waals surface area contributed by atoms with E-state index < -0.39 is 42.6 Å². The first-order valence-electron chi connectivity index (χ1n) is 10.5. The minimum atomic E-state index is -4.91. The Morgan fingerprint density at radius 3 is 2.00 bits per heavy atom. The molecule has 0 aliphatic heterocycles. The molecule has 0 aromatic heterocycles. The summed E-state index contributed by atoms with van der Waals surface area (Å²) in [5.41, 5.74) is 0.596. The second kappa shape index (κ2) is 10.9. The maximum atomic E-state index is 13.5. The van der Waals surface area contributed by atoms with Crippen LogP contribution in [-0.4, -0.2) is 25.1 Å². The molecule has 2 aliphatic rings. The van der Waals surface area contributed by atoms with Crippen LogP contribution in [0.3, 0.4) is 0 Å². The van der Waals surface area contributed by atoms with E-state index in [0.717, 1.165) is 25.0 Å². The van der Waals surface area contributed by atoms with Gasteiger partial charge < -0.3 is 4.74 Å². The lowest BCUT2D eigenvalue weighted by molar-refractivity contribution is -0.275. The summed E-state index contributed by atoms with van der Waals surface area (Å²) in [4.78, 5) is 0. The molecule has 0 atom stereocenters. The van der Waals surface area contributed by atoms with Crippen LogP contribution in [0.25, 0.3) is 0 Å². The summed E-state index contributed by atoms with van der Waals surface area (Å²) in [6.07, 6.45) is -1.14. The average Bonchev–Trinajstić information content (AvgIpc) is 2.70. The lowest BCUT2D eigenvalue weighted by atomic mass is 9.80. The molecule has 3 rings (SSSR count). The molecule has 0 saturated heterocycles. The second-order valence-corrected chi connectivity index (χ2v) is 8.54. The van der Waals surface area contributed by atoms with E-state index in [4.69, 9.17) is 0 Å². The molecule has 31 heavy (non-hydrogen) atoms. The quantitative estimate of drug-likeness (QED) is 0.405. The molecule has 0 unspecified atom stereocenters. The number of hydrogen-bond donors (Lipinski definition) is 0. The number of ether oxygens (including phenoxy) is 1. The molecule has 0 N–H and O–H groups in total. The number of rotatable bonds is 4. The summed E-state index contributed by atoms with van der Waals surface area (Å²) in [5, 5.41) is 0. The third kappa shape index (κ3) is 8.15. The fourth-order valence-corrected chi connectivity index (χ4v) is 4.16. The normalized spacial score (nSPS) is 27.3. The standard InChI is InChI=1S/C13H13F5O.C9H15F3.2H2/c14-10-4-1-8(2-5-10)9-3-6-12(11(15)7-9)19-13(16,17)18;1-7-2-4-8(5-3-7)9(11,12)6-10;;/h3,6-8,10H,1-2,4-5H2;7-8H,2-6H2,1H3;2*1H. The van der Waals surface area contributed by atoms with E-state index in [1.165, 1.54) is 6.07 Å². The fourth-order valence-electron chi connectivity index (χ4n) is 4.16. The Morgan fingerprint density at radius 2 is 1.52 bits per heavy atom. The number of alkyl halides is 7. The van der Waals surface area contributed by atoms with E-state index in [1.807, 2.05) is 0 Å². The van der Waals surface area contributed by atoms with Crippen molar-refractivity contribution in [2.24, 2.45) is 11.8 Å². The first-order valence-corrected chi connectivity index (χ1v) is 10.5. The van der Waals surface area contributed by atoms with Crippen molar-refractivity contribution in [3.05, 3.63) is 29.6 Å². The minimum Gasteiger partial charge on any atom is -0.403 e. The van der Waals surface area contributed by atoms with Crippen molar-refractivity contribution in [1.29, 1.82) is 0 Å². The molecule has 0 spiro atoms. The zero-order valence-electron chi connectivity index (χ0n) is 17.3. The summed E-state index contributed by atoms with van der Waals surface area (Å²) in [6, 6.07) is 3.43. The Hall–Kier alpha value is -1.54. The van der Waals surface area contributed by atoms with Crippen LogP contribution < -0.4 is 4.74 Å². The SMILES string of the molecule is CC1CCC(C(F)(F)CF)CC1.Fc1cc(C2CCC(F)CC2)ccc1OC(F)(F)F.[HH].[HH]. The summed E-state index contributed by atoms with van der Waals surface area (Å²) in [7, 11) is 0. The Bertz CT molecular complexity index is 685. The summed E-state index contributed by atoms with van der Waals surface area (Å²) < 4.78 is 104. The maximum Gasteiger partial charge on any atom is 0.573 e. The van der Waals surface area contributed by atoms with Crippen LogP contribution in [0, 0.1) is 17.7 Å². The van der Waals surface area contributed by atoms with Crippen LogP contribution in [0.15, 0.2) is 18.2 Å². The van der Waals surface area contributed by atoms with E-state index in [0.29, 0.717) is 50.0 Å². The Morgan fingerprint density at radius 1 is 0.935 bits per heavy atom. The Labute approximate surface area is 180 Å². The van der Waals surface area contributed by atoms with Gasteiger partial charge in [-0.25, -0.2) is 22.0 Å². The summed E-state index contributed by atoms with van der Waals surface area (Å²) in [6.45, 7) is 0.565. The molecule has 0 heterocycles. The van der Waals surface area contributed by atoms with Crippen LogP contribution >= 0.6 is 0 Å². The topological polar surface area (TPSA) is 9.23 Å². The number of benzene rings is 1. The monoisotopic (exact) mass is 464 g/mol. The molecule has 1 aromatic carbocycles. The van der Waals surface area contributed by atoms with E-state index in [2.05, 4.69) is 11.7 Å². The van der Waals surface area contributed by atoms with Crippen LogP contribution in [-0.2, 0) is 0 Å². The van der Waals surface area contributed by atoms with Crippen molar-refractivity contribution in [2.45, 2.75) is 82.7 Å².